The van der Waals surface area contributed by atoms with Crippen molar-refractivity contribution in [1.29, 1.82) is 0 Å². The topological polar surface area (TPSA) is 96.7 Å². The Kier molecular flexibility index (Phi) is 6.34. The molecular formula is C21H29N7O3. The molecule has 2 aliphatic rings. The first kappa shape index (κ1) is 21.1. The van der Waals surface area contributed by atoms with Gasteiger partial charge in [0.2, 0.25) is 5.91 Å². The number of aromatic nitrogens is 4. The molecule has 31 heavy (non-hydrogen) atoms. The summed E-state index contributed by atoms with van der Waals surface area (Å²) in [6.07, 6.45) is 6.50. The van der Waals surface area contributed by atoms with Crippen molar-refractivity contribution in [2.45, 2.75) is 26.7 Å². The Morgan fingerprint density at radius 2 is 1.68 bits per heavy atom. The van der Waals surface area contributed by atoms with E-state index in [1.807, 2.05) is 28.7 Å². The monoisotopic (exact) mass is 427 g/mol. The zero-order valence-corrected chi connectivity index (χ0v) is 18.1. The number of hydrogen-bond donors (Lipinski definition) is 0. The van der Waals surface area contributed by atoms with E-state index in [2.05, 4.69) is 19.9 Å². The predicted molar refractivity (Wildman–Crippen MR) is 114 cm³/mol. The Labute approximate surface area is 181 Å². The van der Waals surface area contributed by atoms with Gasteiger partial charge in [0.25, 0.3) is 0 Å². The maximum absolute atomic E-state index is 13.0. The second-order valence-corrected chi connectivity index (χ2v) is 7.85. The van der Waals surface area contributed by atoms with E-state index in [9.17, 15) is 9.59 Å². The van der Waals surface area contributed by atoms with E-state index in [-0.39, 0.29) is 17.9 Å². The second kappa shape index (κ2) is 9.32. The van der Waals surface area contributed by atoms with Gasteiger partial charge in [-0.15, -0.1) is 0 Å². The molecule has 0 radical (unpaired) electrons. The lowest BCUT2D eigenvalue weighted by molar-refractivity contribution is -0.137. The fraction of sp³-hybridized carbons (Fsp3) is 0.571. The number of piperazine rings is 1. The number of hydrogen-bond acceptors (Lipinski definition) is 7. The van der Waals surface area contributed by atoms with E-state index >= 15 is 0 Å². The third-order valence-electron chi connectivity index (χ3n) is 6.00. The number of aryl methyl sites for hydroxylation is 1. The molecule has 2 aromatic rings. The number of imidazole rings is 1. The van der Waals surface area contributed by atoms with Crippen LogP contribution in [-0.4, -0.2) is 87.2 Å². The minimum atomic E-state index is -0.294. The SMILES string of the molecule is CCOC(=O)N1CCN(C(=O)C2CCN(c3cc(-n4ccnc4C)ncn3)CC2)CC1. The summed E-state index contributed by atoms with van der Waals surface area (Å²) >= 11 is 0. The molecule has 0 spiro atoms. The molecule has 0 aromatic carbocycles. The zero-order valence-electron chi connectivity index (χ0n) is 18.1. The van der Waals surface area contributed by atoms with Gasteiger partial charge in [-0.2, -0.15) is 0 Å². The summed E-state index contributed by atoms with van der Waals surface area (Å²) < 4.78 is 6.98. The molecule has 2 aromatic heterocycles. The summed E-state index contributed by atoms with van der Waals surface area (Å²) in [5, 5.41) is 0. The highest BCUT2D eigenvalue weighted by atomic mass is 16.6. The molecule has 10 nitrogen and oxygen atoms in total. The van der Waals surface area contributed by atoms with Crippen LogP contribution in [0.3, 0.4) is 0 Å². The second-order valence-electron chi connectivity index (χ2n) is 7.85. The molecule has 0 unspecified atom stereocenters. The van der Waals surface area contributed by atoms with Crippen LogP contribution in [0.4, 0.5) is 10.6 Å². The molecule has 0 bridgehead atoms. The average molecular weight is 428 g/mol. The van der Waals surface area contributed by atoms with Crippen molar-refractivity contribution in [3.8, 4) is 5.82 Å². The Hall–Kier alpha value is -3.17. The number of carbonyl (C=O) groups excluding carboxylic acids is 2. The molecule has 4 heterocycles. The van der Waals surface area contributed by atoms with E-state index in [1.54, 1.807) is 24.3 Å². The van der Waals surface area contributed by atoms with Crippen LogP contribution in [0.1, 0.15) is 25.6 Å². The van der Waals surface area contributed by atoms with E-state index in [0.29, 0.717) is 32.8 Å². The summed E-state index contributed by atoms with van der Waals surface area (Å²) in [4.78, 5) is 43.6. The summed E-state index contributed by atoms with van der Waals surface area (Å²) in [7, 11) is 0. The van der Waals surface area contributed by atoms with Gasteiger partial charge in [0.1, 0.15) is 23.8 Å². The molecule has 2 fully saturated rings. The predicted octanol–water partition coefficient (Wildman–Crippen LogP) is 1.49. The minimum Gasteiger partial charge on any atom is -0.450 e. The first-order valence-corrected chi connectivity index (χ1v) is 10.8. The van der Waals surface area contributed by atoms with Crippen LogP contribution >= 0.6 is 0 Å². The molecule has 10 heteroatoms. The van der Waals surface area contributed by atoms with Gasteiger partial charge in [-0.25, -0.2) is 19.7 Å². The van der Waals surface area contributed by atoms with Crippen molar-refractivity contribution < 1.29 is 14.3 Å². The normalized spacial score (nSPS) is 17.7. The third-order valence-corrected chi connectivity index (χ3v) is 6.00. The highest BCUT2D eigenvalue weighted by Gasteiger charge is 2.32. The Balaban J connectivity index is 1.31. The van der Waals surface area contributed by atoms with Gasteiger partial charge >= 0.3 is 6.09 Å². The van der Waals surface area contributed by atoms with Crippen LogP contribution in [0, 0.1) is 12.8 Å². The fourth-order valence-corrected chi connectivity index (χ4v) is 4.20. The van der Waals surface area contributed by atoms with Crippen LogP contribution < -0.4 is 4.90 Å². The van der Waals surface area contributed by atoms with E-state index < -0.39 is 0 Å². The van der Waals surface area contributed by atoms with Gasteiger partial charge in [-0.1, -0.05) is 0 Å². The van der Waals surface area contributed by atoms with Crippen LogP contribution in [-0.2, 0) is 9.53 Å². The quantitative estimate of drug-likeness (QED) is 0.729. The van der Waals surface area contributed by atoms with E-state index in [4.69, 9.17) is 4.74 Å². The number of carbonyl (C=O) groups is 2. The molecule has 2 saturated heterocycles. The number of anilines is 1. The van der Waals surface area contributed by atoms with Crippen molar-refractivity contribution in [3.05, 3.63) is 30.6 Å². The van der Waals surface area contributed by atoms with Crippen LogP contribution in [0.2, 0.25) is 0 Å². The summed E-state index contributed by atoms with van der Waals surface area (Å²) in [5.74, 6) is 2.74. The molecule has 4 rings (SSSR count). The number of nitrogens with zero attached hydrogens (tertiary/aromatic N) is 7. The summed E-state index contributed by atoms with van der Waals surface area (Å²) in [5.41, 5.74) is 0. The van der Waals surface area contributed by atoms with Crippen molar-refractivity contribution in [2.24, 2.45) is 5.92 Å². The number of amides is 2. The highest BCUT2D eigenvalue weighted by Crippen LogP contribution is 2.25. The minimum absolute atomic E-state index is 0.0163. The lowest BCUT2D eigenvalue weighted by Gasteiger charge is -2.38. The third kappa shape index (κ3) is 4.62. The number of piperidine rings is 1. The average Bonchev–Trinajstić information content (AvgIpc) is 3.25. The van der Waals surface area contributed by atoms with Gasteiger partial charge < -0.3 is 19.4 Å². The van der Waals surface area contributed by atoms with Gasteiger partial charge in [0.05, 0.1) is 6.61 Å². The Bertz CT molecular complexity index is 915. The van der Waals surface area contributed by atoms with Crippen molar-refractivity contribution in [1.82, 2.24) is 29.3 Å². The summed E-state index contributed by atoms with van der Waals surface area (Å²) in [6.45, 7) is 7.84. The highest BCUT2D eigenvalue weighted by molar-refractivity contribution is 5.79. The molecule has 2 amide bonds. The Morgan fingerprint density at radius 1 is 1.00 bits per heavy atom. The molecule has 0 N–H and O–H groups in total. The molecule has 166 valence electrons. The molecule has 0 saturated carbocycles. The van der Waals surface area contributed by atoms with Crippen molar-refractivity contribution in [2.75, 3.05) is 50.8 Å². The van der Waals surface area contributed by atoms with E-state index in [1.165, 1.54) is 0 Å². The molecule has 0 aliphatic carbocycles. The van der Waals surface area contributed by atoms with Gasteiger partial charge in [-0.05, 0) is 26.7 Å². The molecule has 0 atom stereocenters. The molecular weight excluding hydrogens is 398 g/mol. The van der Waals surface area contributed by atoms with Crippen LogP contribution in [0.15, 0.2) is 24.8 Å². The van der Waals surface area contributed by atoms with Crippen LogP contribution in [0.5, 0.6) is 0 Å². The van der Waals surface area contributed by atoms with Gasteiger partial charge in [0.15, 0.2) is 0 Å². The first-order valence-electron chi connectivity index (χ1n) is 10.8. The van der Waals surface area contributed by atoms with Gasteiger partial charge in [-0.3, -0.25) is 9.36 Å². The largest absolute Gasteiger partial charge is 0.450 e. The van der Waals surface area contributed by atoms with Crippen molar-refractivity contribution >= 4 is 17.8 Å². The van der Waals surface area contributed by atoms with E-state index in [0.717, 1.165) is 43.4 Å². The summed E-state index contributed by atoms with van der Waals surface area (Å²) in [6, 6.07) is 1.96. The first-order chi connectivity index (χ1) is 15.1. The number of rotatable bonds is 4. The lowest BCUT2D eigenvalue weighted by atomic mass is 9.95. The smallest absolute Gasteiger partial charge is 0.409 e. The fourth-order valence-electron chi connectivity index (χ4n) is 4.20. The van der Waals surface area contributed by atoms with Crippen molar-refractivity contribution in [3.63, 3.8) is 0 Å². The molecule has 2 aliphatic heterocycles. The van der Waals surface area contributed by atoms with Gasteiger partial charge in [0, 0.05) is 63.6 Å². The Morgan fingerprint density at radius 3 is 2.32 bits per heavy atom. The maximum Gasteiger partial charge on any atom is 0.409 e. The number of ether oxygens (including phenoxy) is 1. The standard InChI is InChI=1S/C21H29N7O3/c1-3-31-21(30)27-12-10-26(11-13-27)20(29)17-4-7-25(8-5-17)18-14-19(24-15-23-18)28-9-6-22-16(28)2/h6,9,14-15,17H,3-5,7-8,10-13H2,1-2H3. The maximum atomic E-state index is 13.0. The lowest BCUT2D eigenvalue weighted by Crippen LogP contribution is -2.53. The zero-order chi connectivity index (χ0) is 21.8. The van der Waals surface area contributed by atoms with Crippen LogP contribution in [0.25, 0.3) is 5.82 Å².